The molecule has 1 N–H and O–H groups in total. The highest BCUT2D eigenvalue weighted by molar-refractivity contribution is 7.13. The molecule has 0 atom stereocenters. The van der Waals surface area contributed by atoms with E-state index in [4.69, 9.17) is 4.42 Å². The van der Waals surface area contributed by atoms with Gasteiger partial charge in [0.1, 0.15) is 11.2 Å². The van der Waals surface area contributed by atoms with E-state index in [-0.39, 0.29) is 11.9 Å². The van der Waals surface area contributed by atoms with Crippen LogP contribution in [0.25, 0.3) is 22.5 Å². The normalized spacial score (nSPS) is 11.3. The van der Waals surface area contributed by atoms with Gasteiger partial charge in [-0.05, 0) is 32.0 Å². The summed E-state index contributed by atoms with van der Waals surface area (Å²) in [5, 5.41) is 15.8. The molecule has 0 saturated heterocycles. The summed E-state index contributed by atoms with van der Waals surface area (Å²) in [7, 11) is 0. The number of aromatic nitrogens is 5. The number of anilines is 1. The zero-order chi connectivity index (χ0) is 17.4. The summed E-state index contributed by atoms with van der Waals surface area (Å²) in [6.45, 7) is 4.02. The van der Waals surface area contributed by atoms with Crippen LogP contribution in [0.1, 0.15) is 30.2 Å². The summed E-state index contributed by atoms with van der Waals surface area (Å²) in [6.07, 6.45) is 3.23. The number of hydrogen-bond donors (Lipinski definition) is 1. The van der Waals surface area contributed by atoms with Crippen molar-refractivity contribution in [1.29, 1.82) is 0 Å². The van der Waals surface area contributed by atoms with Gasteiger partial charge in [0.15, 0.2) is 11.4 Å². The molecule has 0 aliphatic rings. The van der Waals surface area contributed by atoms with Crippen molar-refractivity contribution in [2.45, 2.75) is 19.9 Å². The number of rotatable bonds is 4. The van der Waals surface area contributed by atoms with Gasteiger partial charge in [-0.15, -0.1) is 10.2 Å². The van der Waals surface area contributed by atoms with Crippen molar-refractivity contribution in [2.75, 3.05) is 5.32 Å². The van der Waals surface area contributed by atoms with Gasteiger partial charge in [0, 0.05) is 6.04 Å². The Labute approximate surface area is 146 Å². The Balaban J connectivity index is 1.88. The maximum absolute atomic E-state index is 12.8. The molecular weight excluding hydrogens is 340 g/mol. The molecule has 25 heavy (non-hydrogen) atoms. The fourth-order valence-corrected chi connectivity index (χ4v) is 2.97. The molecular formula is C16H14N6O2S. The Hall–Kier alpha value is -3.07. The molecule has 4 rings (SSSR count). The minimum atomic E-state index is -0.291. The van der Waals surface area contributed by atoms with E-state index < -0.39 is 0 Å². The number of amides is 1. The highest BCUT2D eigenvalue weighted by Crippen LogP contribution is 2.27. The van der Waals surface area contributed by atoms with Crippen LogP contribution in [0.15, 0.2) is 40.6 Å². The first-order chi connectivity index (χ1) is 12.1. The fourth-order valence-electron chi connectivity index (χ4n) is 2.53. The van der Waals surface area contributed by atoms with Crippen LogP contribution in [0.5, 0.6) is 0 Å². The minimum Gasteiger partial charge on any atom is -0.463 e. The van der Waals surface area contributed by atoms with Crippen LogP contribution >= 0.6 is 11.3 Å². The summed E-state index contributed by atoms with van der Waals surface area (Å²) >= 11 is 1.25. The summed E-state index contributed by atoms with van der Waals surface area (Å²) in [4.78, 5) is 17.4. The van der Waals surface area contributed by atoms with Crippen LogP contribution in [0, 0.1) is 0 Å². The van der Waals surface area contributed by atoms with E-state index in [1.807, 2.05) is 13.8 Å². The Morgan fingerprint density at radius 3 is 2.96 bits per heavy atom. The molecule has 0 unspecified atom stereocenters. The van der Waals surface area contributed by atoms with E-state index in [1.165, 1.54) is 11.3 Å². The largest absolute Gasteiger partial charge is 0.463 e. The van der Waals surface area contributed by atoms with Crippen molar-refractivity contribution < 1.29 is 9.21 Å². The number of hydrogen-bond acceptors (Lipinski definition) is 7. The predicted octanol–water partition coefficient (Wildman–Crippen LogP) is 3.38. The van der Waals surface area contributed by atoms with Gasteiger partial charge in [0.25, 0.3) is 5.91 Å². The van der Waals surface area contributed by atoms with E-state index in [2.05, 4.69) is 25.6 Å². The standard InChI is InChI=1S/C16H14N6O2S/c1-9(2)22-14-11(7-18-22)10(15(23)20-16-21-17-8-25-16)6-12(19-14)13-4-3-5-24-13/h3-9H,1-2H3,(H,20,21,23). The molecule has 0 radical (unpaired) electrons. The van der Waals surface area contributed by atoms with Gasteiger partial charge < -0.3 is 4.42 Å². The first-order valence-corrected chi connectivity index (χ1v) is 8.51. The van der Waals surface area contributed by atoms with Crippen molar-refractivity contribution in [2.24, 2.45) is 0 Å². The summed E-state index contributed by atoms with van der Waals surface area (Å²) in [5.74, 6) is 0.295. The summed E-state index contributed by atoms with van der Waals surface area (Å²) in [5.41, 5.74) is 3.22. The summed E-state index contributed by atoms with van der Waals surface area (Å²) < 4.78 is 7.22. The van der Waals surface area contributed by atoms with Crippen molar-refractivity contribution >= 4 is 33.4 Å². The monoisotopic (exact) mass is 354 g/mol. The molecule has 8 nitrogen and oxygen atoms in total. The average molecular weight is 354 g/mol. The number of furan rings is 1. The van der Waals surface area contributed by atoms with Crippen molar-refractivity contribution in [3.05, 3.63) is 41.7 Å². The third kappa shape index (κ3) is 2.78. The second-order valence-corrected chi connectivity index (χ2v) is 6.48. The van der Waals surface area contributed by atoms with E-state index in [9.17, 15) is 4.79 Å². The van der Waals surface area contributed by atoms with Crippen LogP contribution in [-0.4, -0.2) is 30.9 Å². The van der Waals surface area contributed by atoms with Crippen LogP contribution in [-0.2, 0) is 0 Å². The molecule has 0 fully saturated rings. The highest BCUT2D eigenvalue weighted by Gasteiger charge is 2.20. The zero-order valence-electron chi connectivity index (χ0n) is 13.5. The zero-order valence-corrected chi connectivity index (χ0v) is 14.3. The molecule has 0 saturated carbocycles. The molecule has 9 heteroatoms. The molecule has 0 bridgehead atoms. The number of nitrogens with zero attached hydrogens (tertiary/aromatic N) is 5. The quantitative estimate of drug-likeness (QED) is 0.603. The van der Waals surface area contributed by atoms with Crippen LogP contribution in [0.4, 0.5) is 5.13 Å². The lowest BCUT2D eigenvalue weighted by Crippen LogP contribution is -2.13. The first kappa shape index (κ1) is 15.5. The van der Waals surface area contributed by atoms with E-state index in [0.717, 1.165) is 0 Å². The highest BCUT2D eigenvalue weighted by atomic mass is 32.1. The maximum Gasteiger partial charge on any atom is 0.258 e. The SMILES string of the molecule is CC(C)n1ncc2c(C(=O)Nc3nncs3)cc(-c3ccco3)nc21. The lowest BCUT2D eigenvalue weighted by Gasteiger charge is -2.09. The Morgan fingerprint density at radius 1 is 1.40 bits per heavy atom. The Morgan fingerprint density at radius 2 is 2.28 bits per heavy atom. The average Bonchev–Trinajstić information content (AvgIpc) is 3.34. The fraction of sp³-hybridized carbons (Fsp3) is 0.188. The van der Waals surface area contributed by atoms with Crippen LogP contribution < -0.4 is 5.32 Å². The molecule has 0 spiro atoms. The number of nitrogens with one attached hydrogen (secondary N) is 1. The number of carbonyl (C=O) groups is 1. The topological polar surface area (TPSA) is 98.7 Å². The molecule has 0 aliphatic carbocycles. The second kappa shape index (κ2) is 6.10. The lowest BCUT2D eigenvalue weighted by molar-refractivity contribution is 0.102. The van der Waals surface area contributed by atoms with Gasteiger partial charge in [0.05, 0.1) is 23.4 Å². The molecule has 126 valence electrons. The number of fused-ring (bicyclic) bond motifs is 1. The predicted molar refractivity (Wildman–Crippen MR) is 93.5 cm³/mol. The molecule has 4 heterocycles. The van der Waals surface area contributed by atoms with Gasteiger partial charge in [-0.3, -0.25) is 10.1 Å². The minimum absolute atomic E-state index is 0.107. The first-order valence-electron chi connectivity index (χ1n) is 7.63. The second-order valence-electron chi connectivity index (χ2n) is 5.65. The summed E-state index contributed by atoms with van der Waals surface area (Å²) in [6, 6.07) is 5.39. The Bertz CT molecular complexity index is 1020. The third-order valence-electron chi connectivity index (χ3n) is 3.65. The molecule has 1 amide bonds. The Kier molecular flexibility index (Phi) is 3.77. The van der Waals surface area contributed by atoms with Gasteiger partial charge in [-0.25, -0.2) is 9.67 Å². The van der Waals surface area contributed by atoms with Crippen molar-refractivity contribution in [3.63, 3.8) is 0 Å². The van der Waals surface area contributed by atoms with Crippen LogP contribution in [0.3, 0.4) is 0 Å². The molecule has 4 aromatic heterocycles. The van der Waals surface area contributed by atoms with E-state index in [0.29, 0.717) is 33.2 Å². The smallest absolute Gasteiger partial charge is 0.258 e. The van der Waals surface area contributed by atoms with Gasteiger partial charge >= 0.3 is 0 Å². The molecule has 0 aromatic carbocycles. The van der Waals surface area contributed by atoms with Crippen molar-refractivity contribution in [3.8, 4) is 11.5 Å². The van der Waals surface area contributed by atoms with Gasteiger partial charge in [-0.2, -0.15) is 5.10 Å². The lowest BCUT2D eigenvalue weighted by atomic mass is 10.1. The number of pyridine rings is 1. The van der Waals surface area contributed by atoms with Gasteiger partial charge in [-0.1, -0.05) is 11.3 Å². The van der Waals surface area contributed by atoms with E-state index >= 15 is 0 Å². The third-order valence-corrected chi connectivity index (χ3v) is 4.26. The maximum atomic E-state index is 12.8. The van der Waals surface area contributed by atoms with Crippen LogP contribution in [0.2, 0.25) is 0 Å². The number of carbonyl (C=O) groups excluding carboxylic acids is 1. The van der Waals surface area contributed by atoms with E-state index in [1.54, 1.807) is 40.9 Å². The van der Waals surface area contributed by atoms with Crippen molar-refractivity contribution in [1.82, 2.24) is 25.0 Å². The molecule has 0 aliphatic heterocycles. The molecule has 4 aromatic rings. The van der Waals surface area contributed by atoms with Gasteiger partial charge in [0.2, 0.25) is 5.13 Å².